The summed E-state index contributed by atoms with van der Waals surface area (Å²) < 4.78 is 27.9. The fourth-order valence-electron chi connectivity index (χ4n) is 1.99. The standard InChI is InChI=1S/C15H11FO5/c16-10-3-1-9(2-4-10)11-5-6-12(20-11)15(18)21-13-7-8-19-14(13)17/h1-6,13H,7-8H2. The number of ether oxygens (including phenoxy) is 2. The Morgan fingerprint density at radius 1 is 1.19 bits per heavy atom. The van der Waals surface area contributed by atoms with Gasteiger partial charge in [0.25, 0.3) is 0 Å². The lowest BCUT2D eigenvalue weighted by Crippen LogP contribution is -2.22. The lowest BCUT2D eigenvalue weighted by molar-refractivity contribution is -0.145. The summed E-state index contributed by atoms with van der Waals surface area (Å²) in [7, 11) is 0. The third kappa shape index (κ3) is 2.79. The maximum absolute atomic E-state index is 12.9. The van der Waals surface area contributed by atoms with Crippen molar-refractivity contribution in [2.24, 2.45) is 0 Å². The molecule has 0 spiro atoms. The molecule has 5 nitrogen and oxygen atoms in total. The van der Waals surface area contributed by atoms with Crippen LogP contribution in [0.3, 0.4) is 0 Å². The van der Waals surface area contributed by atoms with Gasteiger partial charge in [-0.25, -0.2) is 14.0 Å². The number of carbonyl (C=O) groups excluding carboxylic acids is 2. The number of furan rings is 1. The van der Waals surface area contributed by atoms with E-state index in [0.29, 0.717) is 17.7 Å². The van der Waals surface area contributed by atoms with Gasteiger partial charge in [-0.15, -0.1) is 0 Å². The molecule has 0 radical (unpaired) electrons. The molecule has 1 unspecified atom stereocenters. The zero-order chi connectivity index (χ0) is 14.8. The van der Waals surface area contributed by atoms with Gasteiger partial charge in [-0.2, -0.15) is 0 Å². The van der Waals surface area contributed by atoms with E-state index in [4.69, 9.17) is 13.9 Å². The number of esters is 2. The van der Waals surface area contributed by atoms with Crippen LogP contribution in [0.25, 0.3) is 11.3 Å². The van der Waals surface area contributed by atoms with Crippen molar-refractivity contribution in [1.29, 1.82) is 0 Å². The second-order valence-electron chi connectivity index (χ2n) is 4.52. The highest BCUT2D eigenvalue weighted by Gasteiger charge is 2.31. The van der Waals surface area contributed by atoms with Crippen LogP contribution in [0, 0.1) is 5.82 Å². The van der Waals surface area contributed by atoms with E-state index in [1.165, 1.54) is 30.3 Å². The van der Waals surface area contributed by atoms with Gasteiger partial charge in [-0.3, -0.25) is 0 Å². The molecule has 1 fully saturated rings. The lowest BCUT2D eigenvalue weighted by Gasteiger charge is -2.06. The Balaban J connectivity index is 1.73. The van der Waals surface area contributed by atoms with Gasteiger partial charge < -0.3 is 13.9 Å². The summed E-state index contributed by atoms with van der Waals surface area (Å²) in [5.74, 6) is -1.24. The van der Waals surface area contributed by atoms with Gasteiger partial charge in [0.15, 0.2) is 0 Å². The number of halogens is 1. The van der Waals surface area contributed by atoms with Crippen molar-refractivity contribution in [2.45, 2.75) is 12.5 Å². The van der Waals surface area contributed by atoms with Crippen molar-refractivity contribution in [3.63, 3.8) is 0 Å². The SMILES string of the molecule is O=C(OC1CCOC1=O)c1ccc(-c2ccc(F)cc2)o1. The minimum atomic E-state index is -0.878. The first-order valence-electron chi connectivity index (χ1n) is 6.37. The highest BCUT2D eigenvalue weighted by molar-refractivity contribution is 5.89. The quantitative estimate of drug-likeness (QED) is 0.813. The molecule has 1 aliphatic heterocycles. The van der Waals surface area contributed by atoms with E-state index in [2.05, 4.69) is 0 Å². The topological polar surface area (TPSA) is 65.7 Å². The molecule has 2 aromatic rings. The summed E-state index contributed by atoms with van der Waals surface area (Å²) in [6, 6.07) is 8.70. The van der Waals surface area contributed by atoms with Gasteiger partial charge in [-0.05, 0) is 36.4 Å². The second-order valence-corrected chi connectivity index (χ2v) is 4.52. The Kier molecular flexibility index (Phi) is 3.43. The van der Waals surface area contributed by atoms with E-state index in [1.807, 2.05) is 0 Å². The van der Waals surface area contributed by atoms with E-state index < -0.39 is 18.0 Å². The van der Waals surface area contributed by atoms with E-state index in [1.54, 1.807) is 6.07 Å². The van der Waals surface area contributed by atoms with Crippen LogP contribution in [0.1, 0.15) is 17.0 Å². The molecule has 0 N–H and O–H groups in total. The molecule has 0 aliphatic carbocycles. The number of benzene rings is 1. The third-order valence-electron chi connectivity index (χ3n) is 3.07. The Morgan fingerprint density at radius 3 is 2.62 bits per heavy atom. The predicted octanol–water partition coefficient (Wildman–Crippen LogP) is 2.56. The number of carbonyl (C=O) groups is 2. The average molecular weight is 290 g/mol. The fraction of sp³-hybridized carbons (Fsp3) is 0.200. The van der Waals surface area contributed by atoms with Gasteiger partial charge in [-0.1, -0.05) is 0 Å². The molecule has 1 aromatic heterocycles. The molecule has 0 bridgehead atoms. The molecule has 1 saturated heterocycles. The predicted molar refractivity (Wildman–Crippen MR) is 68.9 cm³/mol. The first-order chi connectivity index (χ1) is 10.1. The fourth-order valence-corrected chi connectivity index (χ4v) is 1.99. The maximum atomic E-state index is 12.9. The molecular weight excluding hydrogens is 279 g/mol. The van der Waals surface area contributed by atoms with E-state index in [0.717, 1.165) is 0 Å². The van der Waals surface area contributed by atoms with Crippen molar-refractivity contribution in [2.75, 3.05) is 6.61 Å². The van der Waals surface area contributed by atoms with Crippen LogP contribution < -0.4 is 0 Å². The molecule has 0 saturated carbocycles. The number of hydrogen-bond acceptors (Lipinski definition) is 5. The van der Waals surface area contributed by atoms with E-state index in [9.17, 15) is 14.0 Å². The minimum Gasteiger partial charge on any atom is -0.463 e. The summed E-state index contributed by atoms with van der Waals surface area (Å²) in [5.41, 5.74) is 0.635. The summed E-state index contributed by atoms with van der Waals surface area (Å²) in [6.07, 6.45) is -0.535. The largest absolute Gasteiger partial charge is 0.463 e. The van der Waals surface area contributed by atoms with Crippen molar-refractivity contribution in [3.05, 3.63) is 48.0 Å². The molecule has 1 aliphatic rings. The van der Waals surface area contributed by atoms with E-state index in [-0.39, 0.29) is 18.2 Å². The number of cyclic esters (lactones) is 1. The van der Waals surface area contributed by atoms with Crippen molar-refractivity contribution < 1.29 is 27.9 Å². The third-order valence-corrected chi connectivity index (χ3v) is 3.07. The Morgan fingerprint density at radius 2 is 1.95 bits per heavy atom. The average Bonchev–Trinajstić information content (AvgIpc) is 3.10. The Hall–Kier alpha value is -2.63. The molecule has 6 heteroatoms. The zero-order valence-electron chi connectivity index (χ0n) is 10.9. The van der Waals surface area contributed by atoms with Crippen LogP contribution in [0.15, 0.2) is 40.8 Å². The van der Waals surface area contributed by atoms with Crippen LogP contribution in [-0.4, -0.2) is 24.6 Å². The summed E-state index contributed by atoms with van der Waals surface area (Å²) >= 11 is 0. The smallest absolute Gasteiger partial charge is 0.375 e. The van der Waals surface area contributed by atoms with Gasteiger partial charge in [0, 0.05) is 12.0 Å². The van der Waals surface area contributed by atoms with Gasteiger partial charge in [0.2, 0.25) is 11.9 Å². The summed E-state index contributed by atoms with van der Waals surface area (Å²) in [6.45, 7) is 0.246. The molecular formula is C15H11FO5. The maximum Gasteiger partial charge on any atom is 0.375 e. The first kappa shape index (κ1) is 13.4. The van der Waals surface area contributed by atoms with Gasteiger partial charge in [0.1, 0.15) is 11.6 Å². The molecule has 1 atom stereocenters. The molecule has 108 valence electrons. The van der Waals surface area contributed by atoms with E-state index >= 15 is 0 Å². The molecule has 0 amide bonds. The van der Waals surface area contributed by atoms with Gasteiger partial charge >= 0.3 is 11.9 Å². The zero-order valence-corrected chi connectivity index (χ0v) is 10.9. The highest BCUT2D eigenvalue weighted by Crippen LogP contribution is 2.23. The van der Waals surface area contributed by atoms with Crippen LogP contribution in [0.5, 0.6) is 0 Å². The van der Waals surface area contributed by atoms with Crippen LogP contribution >= 0.6 is 0 Å². The number of rotatable bonds is 3. The van der Waals surface area contributed by atoms with Gasteiger partial charge in [0.05, 0.1) is 6.61 Å². The minimum absolute atomic E-state index is 0.0194. The van der Waals surface area contributed by atoms with Crippen molar-refractivity contribution >= 4 is 11.9 Å². The summed E-state index contributed by atoms with van der Waals surface area (Å²) in [5, 5.41) is 0. The number of hydrogen-bond donors (Lipinski definition) is 0. The van der Waals surface area contributed by atoms with Crippen LogP contribution in [-0.2, 0) is 14.3 Å². The normalized spacial score (nSPS) is 17.6. The molecule has 1 aromatic carbocycles. The van der Waals surface area contributed by atoms with Crippen molar-refractivity contribution in [3.8, 4) is 11.3 Å². The summed E-state index contributed by atoms with van der Waals surface area (Å²) in [4.78, 5) is 23.1. The lowest BCUT2D eigenvalue weighted by atomic mass is 10.2. The van der Waals surface area contributed by atoms with Crippen LogP contribution in [0.2, 0.25) is 0 Å². The second kappa shape index (κ2) is 5.40. The van der Waals surface area contributed by atoms with Crippen molar-refractivity contribution in [1.82, 2.24) is 0 Å². The Bertz CT molecular complexity index is 674. The van der Waals surface area contributed by atoms with Crippen LogP contribution in [0.4, 0.5) is 4.39 Å². The molecule has 3 rings (SSSR count). The molecule has 21 heavy (non-hydrogen) atoms. The highest BCUT2D eigenvalue weighted by atomic mass is 19.1. The monoisotopic (exact) mass is 290 g/mol. The Labute approximate surface area is 119 Å². The first-order valence-corrected chi connectivity index (χ1v) is 6.37. The molecule has 2 heterocycles.